The number of hydroxylamine groups is 2. The summed E-state index contributed by atoms with van der Waals surface area (Å²) in [6.45, 7) is 1.23. The van der Waals surface area contributed by atoms with E-state index in [0.717, 1.165) is 10.9 Å². The summed E-state index contributed by atoms with van der Waals surface area (Å²) in [6.07, 6.45) is -3.70. The normalized spacial score (nSPS) is 15.3. The van der Waals surface area contributed by atoms with Crippen LogP contribution >= 0.6 is 0 Å². The van der Waals surface area contributed by atoms with Crippen molar-refractivity contribution in [3.63, 3.8) is 0 Å². The molecule has 1 aromatic carbocycles. The molecule has 0 bridgehead atoms. The molecule has 7 nitrogen and oxygen atoms in total. The van der Waals surface area contributed by atoms with Gasteiger partial charge >= 0.3 is 12.1 Å². The number of amides is 2. The molecule has 0 spiro atoms. The van der Waals surface area contributed by atoms with Crippen molar-refractivity contribution in [2.45, 2.75) is 19.1 Å². The van der Waals surface area contributed by atoms with Gasteiger partial charge in [0.25, 0.3) is 11.8 Å². The Labute approximate surface area is 138 Å². The smallest absolute Gasteiger partial charge is 0.327 e. The van der Waals surface area contributed by atoms with Crippen molar-refractivity contribution in [1.29, 1.82) is 0 Å². The summed E-state index contributed by atoms with van der Waals surface area (Å²) < 4.78 is 38.4. The van der Waals surface area contributed by atoms with Gasteiger partial charge in [0, 0.05) is 6.20 Å². The molecule has 25 heavy (non-hydrogen) atoms. The van der Waals surface area contributed by atoms with Crippen LogP contribution in [0.1, 0.15) is 39.4 Å². The third-order valence-electron chi connectivity index (χ3n) is 3.57. The van der Waals surface area contributed by atoms with Gasteiger partial charge in [0.2, 0.25) is 0 Å². The third kappa shape index (κ3) is 2.86. The van der Waals surface area contributed by atoms with Crippen molar-refractivity contribution in [3.05, 3.63) is 53.3 Å². The molecule has 0 saturated heterocycles. The van der Waals surface area contributed by atoms with Gasteiger partial charge in [-0.15, -0.1) is 0 Å². The van der Waals surface area contributed by atoms with E-state index in [0.29, 0.717) is 6.07 Å². The Morgan fingerprint density at radius 1 is 1.12 bits per heavy atom. The fourth-order valence-corrected chi connectivity index (χ4v) is 2.23. The van der Waals surface area contributed by atoms with Crippen molar-refractivity contribution < 1.29 is 32.4 Å². The van der Waals surface area contributed by atoms with Gasteiger partial charge in [-0.1, -0.05) is 17.2 Å². The third-order valence-corrected chi connectivity index (χ3v) is 3.57. The first-order chi connectivity index (χ1) is 11.7. The maximum atomic E-state index is 12.6. The highest BCUT2D eigenvalue weighted by Gasteiger charge is 2.40. The molecule has 0 fully saturated rings. The number of rotatable bonds is 3. The molecule has 0 saturated carbocycles. The van der Waals surface area contributed by atoms with Gasteiger partial charge in [0.05, 0.1) is 11.1 Å². The van der Waals surface area contributed by atoms with E-state index in [1.165, 1.54) is 19.1 Å². The number of hydrogen-bond acceptors (Lipinski definition) is 5. The lowest BCUT2D eigenvalue weighted by Gasteiger charge is -2.16. The largest absolute Gasteiger partial charge is 0.435 e. The highest BCUT2D eigenvalue weighted by atomic mass is 19.4. The van der Waals surface area contributed by atoms with Crippen molar-refractivity contribution in [2.75, 3.05) is 0 Å². The van der Waals surface area contributed by atoms with Crippen molar-refractivity contribution >= 4 is 17.8 Å². The number of imide groups is 1. The number of carbonyl (C=O) groups excluding carboxylic acids is 3. The summed E-state index contributed by atoms with van der Waals surface area (Å²) in [5, 5.41) is 3.55. The Morgan fingerprint density at radius 3 is 2.16 bits per heavy atom. The predicted octanol–water partition coefficient (Wildman–Crippen LogP) is 2.22. The first-order valence-electron chi connectivity index (χ1n) is 7.02. The lowest BCUT2D eigenvalue weighted by molar-refractivity contribution is -0.172. The Balaban J connectivity index is 1.76. The molecule has 10 heteroatoms. The summed E-state index contributed by atoms with van der Waals surface area (Å²) in [7, 11) is 0. The van der Waals surface area contributed by atoms with Gasteiger partial charge in [-0.2, -0.15) is 18.3 Å². The Kier molecular flexibility index (Phi) is 3.82. The maximum Gasteiger partial charge on any atom is 0.435 e. The lowest BCUT2D eigenvalue weighted by atomic mass is 10.1. The molecule has 0 radical (unpaired) electrons. The maximum absolute atomic E-state index is 12.6. The van der Waals surface area contributed by atoms with E-state index in [1.54, 1.807) is 12.1 Å². The SMILES string of the molecule is CC(C(=O)ON1C(=O)c2ccccc2C1=O)n1ccc(C(F)(F)F)n1. The Bertz CT molecular complexity index is 840. The van der Waals surface area contributed by atoms with Gasteiger partial charge in [-0.3, -0.25) is 14.3 Å². The number of benzene rings is 1. The van der Waals surface area contributed by atoms with Gasteiger partial charge in [-0.25, -0.2) is 4.79 Å². The fraction of sp³-hybridized carbons (Fsp3) is 0.200. The van der Waals surface area contributed by atoms with Crippen LogP contribution in [0.4, 0.5) is 13.2 Å². The number of carbonyl (C=O) groups is 3. The molecular weight excluding hydrogens is 343 g/mol. The van der Waals surface area contributed by atoms with Crippen LogP contribution in [0.2, 0.25) is 0 Å². The zero-order chi connectivity index (χ0) is 18.4. The van der Waals surface area contributed by atoms with E-state index in [9.17, 15) is 27.6 Å². The Morgan fingerprint density at radius 2 is 1.68 bits per heavy atom. The molecule has 1 atom stereocenters. The van der Waals surface area contributed by atoms with E-state index in [2.05, 4.69) is 5.10 Å². The van der Waals surface area contributed by atoms with Crippen molar-refractivity contribution in [2.24, 2.45) is 0 Å². The minimum absolute atomic E-state index is 0.0754. The minimum atomic E-state index is -4.66. The van der Waals surface area contributed by atoms with Crippen LogP contribution in [-0.4, -0.2) is 32.6 Å². The van der Waals surface area contributed by atoms with Crippen LogP contribution < -0.4 is 0 Å². The summed E-state index contributed by atoms with van der Waals surface area (Å²) in [5.74, 6) is -2.75. The average Bonchev–Trinajstić information content (AvgIpc) is 3.15. The molecule has 1 aromatic heterocycles. The molecule has 3 rings (SSSR count). The van der Waals surface area contributed by atoms with E-state index in [1.807, 2.05) is 0 Å². The van der Waals surface area contributed by atoms with Gasteiger partial charge in [0.1, 0.15) is 6.04 Å². The van der Waals surface area contributed by atoms with E-state index < -0.39 is 35.7 Å². The first kappa shape index (κ1) is 16.7. The van der Waals surface area contributed by atoms with Gasteiger partial charge in [-0.05, 0) is 25.1 Å². The molecule has 2 amide bonds. The predicted molar refractivity (Wildman–Crippen MR) is 75.0 cm³/mol. The Hall–Kier alpha value is -3.17. The molecule has 0 N–H and O–H groups in total. The summed E-state index contributed by atoms with van der Waals surface area (Å²) in [5.41, 5.74) is -1.02. The molecule has 2 heterocycles. The van der Waals surface area contributed by atoms with E-state index in [4.69, 9.17) is 4.84 Å². The van der Waals surface area contributed by atoms with Crippen LogP contribution in [0.15, 0.2) is 36.5 Å². The number of halogens is 3. The average molecular weight is 353 g/mol. The number of hydrogen-bond donors (Lipinski definition) is 0. The monoisotopic (exact) mass is 353 g/mol. The zero-order valence-electron chi connectivity index (χ0n) is 12.6. The summed E-state index contributed by atoms with van der Waals surface area (Å²) in [4.78, 5) is 41.1. The second-order valence-electron chi connectivity index (χ2n) is 5.22. The van der Waals surface area contributed by atoms with Gasteiger partial charge < -0.3 is 4.84 Å². The van der Waals surface area contributed by atoms with Crippen molar-refractivity contribution in [3.8, 4) is 0 Å². The zero-order valence-corrected chi connectivity index (χ0v) is 12.6. The fourth-order valence-electron chi connectivity index (χ4n) is 2.23. The standard InChI is InChI=1S/C15H10F3N3O4/c1-8(20-7-6-11(19-20)15(16,17)18)14(24)25-21-12(22)9-4-2-3-5-10(9)13(21)23/h2-8H,1H3. The van der Waals surface area contributed by atoms with E-state index in [-0.39, 0.29) is 16.2 Å². The topological polar surface area (TPSA) is 81.5 Å². The van der Waals surface area contributed by atoms with Crippen LogP contribution in [-0.2, 0) is 15.8 Å². The minimum Gasteiger partial charge on any atom is -0.327 e. The number of alkyl halides is 3. The second kappa shape index (κ2) is 5.72. The molecule has 0 aliphatic carbocycles. The summed E-state index contributed by atoms with van der Waals surface area (Å²) >= 11 is 0. The number of fused-ring (bicyclic) bond motifs is 1. The molecule has 1 aliphatic rings. The highest BCUT2D eigenvalue weighted by molar-refractivity contribution is 6.20. The van der Waals surface area contributed by atoms with Crippen LogP contribution in [0.5, 0.6) is 0 Å². The quantitative estimate of drug-likeness (QED) is 0.791. The summed E-state index contributed by atoms with van der Waals surface area (Å²) in [6, 6.07) is 5.30. The van der Waals surface area contributed by atoms with Gasteiger partial charge in [0.15, 0.2) is 5.69 Å². The van der Waals surface area contributed by atoms with E-state index >= 15 is 0 Å². The number of aromatic nitrogens is 2. The lowest BCUT2D eigenvalue weighted by Crippen LogP contribution is -2.35. The van der Waals surface area contributed by atoms with Crippen LogP contribution in [0.3, 0.4) is 0 Å². The number of nitrogens with zero attached hydrogens (tertiary/aromatic N) is 3. The van der Waals surface area contributed by atoms with Crippen LogP contribution in [0, 0.1) is 0 Å². The molecule has 1 unspecified atom stereocenters. The van der Waals surface area contributed by atoms with Crippen LogP contribution in [0.25, 0.3) is 0 Å². The first-order valence-corrected chi connectivity index (χ1v) is 7.02. The molecule has 2 aromatic rings. The second-order valence-corrected chi connectivity index (χ2v) is 5.22. The highest BCUT2D eigenvalue weighted by Crippen LogP contribution is 2.28. The molecule has 130 valence electrons. The van der Waals surface area contributed by atoms with Crippen molar-refractivity contribution in [1.82, 2.24) is 14.8 Å². The molecule has 1 aliphatic heterocycles. The molecular formula is C15H10F3N3O4.